The van der Waals surface area contributed by atoms with Gasteiger partial charge in [-0.3, -0.25) is 0 Å². The molecule has 0 aromatic carbocycles. The summed E-state index contributed by atoms with van der Waals surface area (Å²) in [5.74, 6) is 4.61. The molecule has 4 saturated carbocycles. The standard InChI is InChI=1S/C27H47BrO2/c1-16(2)7-6-8-17(3)19-9-10-20-23-21(12-14-26(19,20)4)27(5)13-11-18(29)15-22(27)24(28)25(23)30/h16-25,29-30H,6-15H2,1-5H3/t17-,18-,19+,20-,21+,22-,23+,24-,25+,26+,27-/m1/s1. The molecule has 4 aliphatic carbocycles. The number of fused-ring (bicyclic) bond motifs is 5. The number of hydrogen-bond donors (Lipinski definition) is 2. The first-order chi connectivity index (χ1) is 14.1. The molecular formula is C27H47BrO2. The first-order valence-corrected chi connectivity index (χ1v) is 14.0. The number of halogens is 1. The van der Waals surface area contributed by atoms with E-state index in [2.05, 4.69) is 50.5 Å². The summed E-state index contributed by atoms with van der Waals surface area (Å²) >= 11 is 3.97. The smallest absolute Gasteiger partial charge is 0.0701 e. The van der Waals surface area contributed by atoms with Crippen LogP contribution in [0.4, 0.5) is 0 Å². The first kappa shape index (κ1) is 23.6. The Morgan fingerprint density at radius 2 is 1.53 bits per heavy atom. The molecule has 0 radical (unpaired) electrons. The summed E-state index contributed by atoms with van der Waals surface area (Å²) < 4.78 is 0. The van der Waals surface area contributed by atoms with Gasteiger partial charge < -0.3 is 10.2 Å². The number of aliphatic hydroxyl groups excluding tert-OH is 2. The Hall–Kier alpha value is 0.400. The molecule has 0 aliphatic heterocycles. The maximum atomic E-state index is 11.6. The van der Waals surface area contributed by atoms with Crippen LogP contribution in [0, 0.1) is 52.3 Å². The zero-order valence-electron chi connectivity index (χ0n) is 20.1. The van der Waals surface area contributed by atoms with Gasteiger partial charge in [-0.1, -0.05) is 69.8 Å². The fourth-order valence-electron chi connectivity index (χ4n) is 9.21. The fourth-order valence-corrected chi connectivity index (χ4v) is 10.4. The van der Waals surface area contributed by atoms with Crippen LogP contribution in [0.15, 0.2) is 0 Å². The van der Waals surface area contributed by atoms with Crippen LogP contribution in [0.2, 0.25) is 0 Å². The van der Waals surface area contributed by atoms with Gasteiger partial charge in [0.1, 0.15) is 0 Å². The quantitative estimate of drug-likeness (QED) is 0.422. The van der Waals surface area contributed by atoms with E-state index in [4.69, 9.17) is 0 Å². The minimum atomic E-state index is -0.252. The second-order valence-electron chi connectivity index (χ2n) is 12.8. The lowest BCUT2D eigenvalue weighted by Gasteiger charge is -2.63. The van der Waals surface area contributed by atoms with E-state index in [-0.39, 0.29) is 22.5 Å². The largest absolute Gasteiger partial charge is 0.393 e. The zero-order chi connectivity index (χ0) is 21.8. The van der Waals surface area contributed by atoms with Crippen molar-refractivity contribution in [2.24, 2.45) is 52.3 Å². The van der Waals surface area contributed by atoms with E-state index in [1.54, 1.807) is 0 Å². The Morgan fingerprint density at radius 3 is 2.23 bits per heavy atom. The van der Waals surface area contributed by atoms with Gasteiger partial charge in [-0.05, 0) is 97.2 Å². The summed E-state index contributed by atoms with van der Waals surface area (Å²) in [6.45, 7) is 12.3. The molecule has 0 spiro atoms. The summed E-state index contributed by atoms with van der Waals surface area (Å²) in [6, 6.07) is 0. The van der Waals surface area contributed by atoms with Crippen LogP contribution in [0.25, 0.3) is 0 Å². The zero-order valence-corrected chi connectivity index (χ0v) is 21.7. The third-order valence-corrected chi connectivity index (χ3v) is 12.1. The van der Waals surface area contributed by atoms with Crippen molar-refractivity contribution in [1.82, 2.24) is 0 Å². The van der Waals surface area contributed by atoms with E-state index in [1.165, 1.54) is 44.9 Å². The van der Waals surface area contributed by atoms with Gasteiger partial charge >= 0.3 is 0 Å². The lowest BCUT2D eigenvalue weighted by molar-refractivity contribution is -0.169. The van der Waals surface area contributed by atoms with Gasteiger partial charge in [0.2, 0.25) is 0 Å². The molecule has 4 aliphatic rings. The van der Waals surface area contributed by atoms with E-state index < -0.39 is 0 Å². The van der Waals surface area contributed by atoms with Gasteiger partial charge in [0.25, 0.3) is 0 Å². The molecular weight excluding hydrogens is 436 g/mol. The minimum absolute atomic E-state index is 0.142. The third kappa shape index (κ3) is 3.75. The molecule has 2 N–H and O–H groups in total. The van der Waals surface area contributed by atoms with Crippen LogP contribution in [-0.2, 0) is 0 Å². The molecule has 4 fully saturated rings. The molecule has 4 rings (SSSR count). The first-order valence-electron chi connectivity index (χ1n) is 13.1. The van der Waals surface area contributed by atoms with Gasteiger partial charge in [0.05, 0.1) is 12.2 Å². The summed E-state index contributed by atoms with van der Waals surface area (Å²) in [4.78, 5) is 0.142. The number of aliphatic hydroxyl groups is 2. The molecule has 0 aromatic rings. The highest BCUT2D eigenvalue weighted by molar-refractivity contribution is 9.09. The Labute approximate surface area is 194 Å². The molecule has 174 valence electrons. The Kier molecular flexibility index (Phi) is 6.78. The predicted octanol–water partition coefficient (Wildman–Crippen LogP) is 6.81. The molecule has 0 unspecified atom stereocenters. The van der Waals surface area contributed by atoms with Crippen LogP contribution in [-0.4, -0.2) is 27.2 Å². The minimum Gasteiger partial charge on any atom is -0.393 e. The van der Waals surface area contributed by atoms with Gasteiger partial charge in [-0.25, -0.2) is 0 Å². The highest BCUT2D eigenvalue weighted by Crippen LogP contribution is 2.69. The highest BCUT2D eigenvalue weighted by Gasteiger charge is 2.64. The average molecular weight is 484 g/mol. The Balaban J connectivity index is 1.54. The second kappa shape index (κ2) is 8.64. The molecule has 2 nitrogen and oxygen atoms in total. The summed E-state index contributed by atoms with van der Waals surface area (Å²) in [5.41, 5.74) is 0.684. The summed E-state index contributed by atoms with van der Waals surface area (Å²) in [7, 11) is 0. The maximum Gasteiger partial charge on any atom is 0.0701 e. The normalized spacial score (nSPS) is 51.9. The topological polar surface area (TPSA) is 40.5 Å². The third-order valence-electron chi connectivity index (χ3n) is 10.9. The molecule has 0 amide bonds. The van der Waals surface area contributed by atoms with Crippen molar-refractivity contribution in [3.63, 3.8) is 0 Å². The van der Waals surface area contributed by atoms with Crippen LogP contribution in [0.5, 0.6) is 0 Å². The fraction of sp³-hybridized carbons (Fsp3) is 1.00. The number of alkyl halides is 1. The van der Waals surface area contributed by atoms with Crippen molar-refractivity contribution < 1.29 is 10.2 Å². The Morgan fingerprint density at radius 1 is 0.867 bits per heavy atom. The van der Waals surface area contributed by atoms with Gasteiger partial charge in [0, 0.05) is 4.83 Å². The Bertz CT molecular complexity index is 608. The van der Waals surface area contributed by atoms with Crippen LogP contribution in [0.3, 0.4) is 0 Å². The molecule has 0 saturated heterocycles. The van der Waals surface area contributed by atoms with Crippen molar-refractivity contribution >= 4 is 15.9 Å². The second-order valence-corrected chi connectivity index (χ2v) is 13.9. The van der Waals surface area contributed by atoms with Crippen molar-refractivity contribution in [1.29, 1.82) is 0 Å². The van der Waals surface area contributed by atoms with Crippen LogP contribution in [0.1, 0.15) is 98.8 Å². The molecule has 30 heavy (non-hydrogen) atoms. The van der Waals surface area contributed by atoms with E-state index in [1.807, 2.05) is 0 Å². The lowest BCUT2D eigenvalue weighted by Crippen LogP contribution is -2.62. The number of hydrogen-bond acceptors (Lipinski definition) is 2. The molecule has 11 atom stereocenters. The van der Waals surface area contributed by atoms with Crippen molar-refractivity contribution in [2.75, 3.05) is 0 Å². The monoisotopic (exact) mass is 482 g/mol. The molecule has 3 heteroatoms. The van der Waals surface area contributed by atoms with Gasteiger partial charge in [-0.2, -0.15) is 0 Å². The van der Waals surface area contributed by atoms with E-state index in [0.717, 1.165) is 37.0 Å². The summed E-state index contributed by atoms with van der Waals surface area (Å²) in [6.07, 6.45) is 11.9. The van der Waals surface area contributed by atoms with E-state index in [0.29, 0.717) is 29.1 Å². The van der Waals surface area contributed by atoms with Crippen LogP contribution >= 0.6 is 15.9 Å². The van der Waals surface area contributed by atoms with Crippen LogP contribution < -0.4 is 0 Å². The highest BCUT2D eigenvalue weighted by atomic mass is 79.9. The SMILES string of the molecule is CC(C)CCC[C@@H](C)[C@@H]1CC[C@@H]2[C@@H]3[C@H](O)[C@H](Br)[C@H]4C[C@H](O)CC[C@]4(C)[C@H]3CC[C@]21C. The maximum absolute atomic E-state index is 11.6. The van der Waals surface area contributed by atoms with Crippen molar-refractivity contribution in [3.8, 4) is 0 Å². The molecule has 0 heterocycles. The predicted molar refractivity (Wildman–Crippen MR) is 129 cm³/mol. The van der Waals surface area contributed by atoms with Gasteiger partial charge in [-0.15, -0.1) is 0 Å². The lowest BCUT2D eigenvalue weighted by atomic mass is 9.43. The van der Waals surface area contributed by atoms with Crippen molar-refractivity contribution in [3.05, 3.63) is 0 Å². The molecule has 0 aromatic heterocycles. The number of rotatable bonds is 5. The van der Waals surface area contributed by atoms with Gasteiger partial charge in [0.15, 0.2) is 0 Å². The summed E-state index contributed by atoms with van der Waals surface area (Å²) in [5, 5.41) is 21.9. The average Bonchev–Trinajstić information content (AvgIpc) is 3.04. The van der Waals surface area contributed by atoms with E-state index in [9.17, 15) is 10.2 Å². The van der Waals surface area contributed by atoms with E-state index >= 15 is 0 Å². The molecule has 0 bridgehead atoms. The van der Waals surface area contributed by atoms with Crippen molar-refractivity contribution in [2.45, 2.75) is 116 Å².